The summed E-state index contributed by atoms with van der Waals surface area (Å²) in [5, 5.41) is 0. The molecule has 1 fully saturated rings. The van der Waals surface area contributed by atoms with Crippen molar-refractivity contribution in [3.63, 3.8) is 0 Å². The van der Waals surface area contributed by atoms with E-state index in [0.717, 1.165) is 12.8 Å². The van der Waals surface area contributed by atoms with E-state index < -0.39 is 6.36 Å². The van der Waals surface area contributed by atoms with Crippen molar-refractivity contribution in [1.82, 2.24) is 0 Å². The maximum absolute atomic E-state index is 12.1. The van der Waals surface area contributed by atoms with Gasteiger partial charge in [0.05, 0.1) is 0 Å². The fourth-order valence-corrected chi connectivity index (χ4v) is 0.522. The van der Waals surface area contributed by atoms with Crippen LogP contribution in [0.3, 0.4) is 0 Å². The summed E-state index contributed by atoms with van der Waals surface area (Å²) in [7, 11) is 0. The summed E-state index contributed by atoms with van der Waals surface area (Å²) >= 11 is 0. The topological polar surface area (TPSA) is 26.3 Å². The van der Waals surface area contributed by atoms with E-state index in [0.29, 0.717) is 0 Å². The van der Waals surface area contributed by atoms with Crippen LogP contribution in [0.15, 0.2) is 0 Å². The maximum Gasteiger partial charge on any atom is 0.295 e. The molecule has 1 saturated carbocycles. The molecule has 8 heavy (non-hydrogen) atoms. The zero-order chi connectivity index (χ0) is 5.98. The number of carbonyl (C=O) groups excluding carboxylic acids is 1. The van der Waals surface area contributed by atoms with Gasteiger partial charge in [-0.15, -0.1) is 0 Å². The molecule has 2 nitrogen and oxygen atoms in total. The van der Waals surface area contributed by atoms with Crippen LogP contribution in [0, 0.1) is 5.92 Å². The third-order valence-corrected chi connectivity index (χ3v) is 1.18. The van der Waals surface area contributed by atoms with Gasteiger partial charge in [0.2, 0.25) is 6.36 Å². The van der Waals surface area contributed by atoms with Gasteiger partial charge in [0, 0.05) is 5.92 Å². The Morgan fingerprint density at radius 2 is 2.38 bits per heavy atom. The summed E-state index contributed by atoms with van der Waals surface area (Å²) in [6.07, 6.45) is 0.372. The van der Waals surface area contributed by atoms with Crippen molar-refractivity contribution >= 4 is 6.47 Å². The van der Waals surface area contributed by atoms with Gasteiger partial charge in [-0.2, -0.15) is 0 Å². The molecule has 0 heterocycles. The molecular weight excluding hydrogens is 111 g/mol. The predicted molar refractivity (Wildman–Crippen MR) is 24.8 cm³/mol. The standard InChI is InChI=1S/C5H7FO2/c6-5(8-3-7)4-1-2-4/h3-5H,1-2H2. The second-order valence-corrected chi connectivity index (χ2v) is 1.92. The van der Waals surface area contributed by atoms with Crippen LogP contribution in [0.4, 0.5) is 4.39 Å². The largest absolute Gasteiger partial charge is 0.433 e. The van der Waals surface area contributed by atoms with E-state index >= 15 is 0 Å². The van der Waals surface area contributed by atoms with Crippen molar-refractivity contribution in [2.24, 2.45) is 5.92 Å². The number of hydrogen-bond donors (Lipinski definition) is 0. The Kier molecular flexibility index (Phi) is 1.46. The Hall–Kier alpha value is -0.600. The summed E-state index contributed by atoms with van der Waals surface area (Å²) in [5.74, 6) is 0.000185. The molecule has 46 valence electrons. The van der Waals surface area contributed by atoms with Gasteiger partial charge in [0.15, 0.2) is 0 Å². The van der Waals surface area contributed by atoms with Gasteiger partial charge in [-0.1, -0.05) is 0 Å². The number of carbonyl (C=O) groups is 1. The van der Waals surface area contributed by atoms with Gasteiger partial charge in [-0.25, -0.2) is 4.39 Å². The van der Waals surface area contributed by atoms with Crippen LogP contribution in [0.1, 0.15) is 12.8 Å². The number of halogens is 1. The molecule has 1 aliphatic carbocycles. The minimum absolute atomic E-state index is 0.000185. The Morgan fingerprint density at radius 3 is 2.75 bits per heavy atom. The molecule has 1 rings (SSSR count). The molecule has 1 unspecified atom stereocenters. The van der Waals surface area contributed by atoms with Crippen molar-refractivity contribution in [3.8, 4) is 0 Å². The first-order chi connectivity index (χ1) is 3.84. The molecule has 0 aromatic rings. The average Bonchev–Trinajstić information content (AvgIpc) is 2.45. The SMILES string of the molecule is O=COC(F)C1CC1. The zero-order valence-corrected chi connectivity index (χ0v) is 4.34. The van der Waals surface area contributed by atoms with E-state index in [1.54, 1.807) is 0 Å². The van der Waals surface area contributed by atoms with Crippen molar-refractivity contribution in [1.29, 1.82) is 0 Å². The molecule has 0 bridgehead atoms. The average molecular weight is 118 g/mol. The third-order valence-electron chi connectivity index (χ3n) is 1.18. The smallest absolute Gasteiger partial charge is 0.295 e. The van der Waals surface area contributed by atoms with E-state index in [2.05, 4.69) is 4.74 Å². The molecule has 0 amide bonds. The quantitative estimate of drug-likeness (QED) is 0.514. The molecule has 0 radical (unpaired) electrons. The van der Waals surface area contributed by atoms with Crippen LogP contribution in [-0.2, 0) is 9.53 Å². The molecule has 0 saturated heterocycles. The lowest BCUT2D eigenvalue weighted by Gasteiger charge is -2.00. The first kappa shape index (κ1) is 5.54. The fraction of sp³-hybridized carbons (Fsp3) is 0.800. The normalized spacial score (nSPS) is 22.1. The van der Waals surface area contributed by atoms with Crippen molar-refractivity contribution < 1.29 is 13.9 Å². The van der Waals surface area contributed by atoms with Gasteiger partial charge in [0.25, 0.3) is 6.47 Å². The molecule has 0 spiro atoms. The monoisotopic (exact) mass is 118 g/mol. The predicted octanol–water partition coefficient (Wildman–Crippen LogP) is 0.865. The van der Waals surface area contributed by atoms with E-state index in [9.17, 15) is 9.18 Å². The van der Waals surface area contributed by atoms with Crippen LogP contribution >= 0.6 is 0 Å². The summed E-state index contributed by atoms with van der Waals surface area (Å²) in [4.78, 5) is 9.49. The zero-order valence-electron chi connectivity index (χ0n) is 4.34. The molecule has 0 N–H and O–H groups in total. The fourth-order valence-electron chi connectivity index (χ4n) is 0.522. The highest BCUT2D eigenvalue weighted by molar-refractivity contribution is 5.37. The molecule has 0 aromatic carbocycles. The molecular formula is C5H7FO2. The van der Waals surface area contributed by atoms with Crippen LogP contribution < -0.4 is 0 Å². The van der Waals surface area contributed by atoms with E-state index in [1.165, 1.54) is 0 Å². The van der Waals surface area contributed by atoms with Gasteiger partial charge in [-0.05, 0) is 12.8 Å². The van der Waals surface area contributed by atoms with Crippen LogP contribution in [0.25, 0.3) is 0 Å². The van der Waals surface area contributed by atoms with Crippen LogP contribution in [0.2, 0.25) is 0 Å². The Balaban J connectivity index is 2.12. The second-order valence-electron chi connectivity index (χ2n) is 1.92. The lowest BCUT2D eigenvalue weighted by atomic mass is 10.4. The lowest BCUT2D eigenvalue weighted by molar-refractivity contribution is -0.143. The molecule has 1 atom stereocenters. The Bertz CT molecular complexity index is 90.4. The lowest BCUT2D eigenvalue weighted by Crippen LogP contribution is -2.06. The molecule has 0 aliphatic heterocycles. The summed E-state index contributed by atoms with van der Waals surface area (Å²) < 4.78 is 16.2. The third kappa shape index (κ3) is 1.18. The number of hydrogen-bond acceptors (Lipinski definition) is 2. The highest BCUT2D eigenvalue weighted by atomic mass is 19.1. The van der Waals surface area contributed by atoms with E-state index in [1.807, 2.05) is 0 Å². The van der Waals surface area contributed by atoms with Gasteiger partial charge >= 0.3 is 0 Å². The van der Waals surface area contributed by atoms with Crippen molar-refractivity contribution in [2.45, 2.75) is 19.2 Å². The molecule has 0 aromatic heterocycles. The van der Waals surface area contributed by atoms with Gasteiger partial charge < -0.3 is 4.74 Å². The van der Waals surface area contributed by atoms with Crippen molar-refractivity contribution in [3.05, 3.63) is 0 Å². The van der Waals surface area contributed by atoms with Crippen LogP contribution in [-0.4, -0.2) is 12.8 Å². The van der Waals surface area contributed by atoms with Gasteiger partial charge in [0.1, 0.15) is 0 Å². The van der Waals surface area contributed by atoms with Crippen molar-refractivity contribution in [2.75, 3.05) is 0 Å². The number of ether oxygens (including phenoxy) is 1. The van der Waals surface area contributed by atoms with E-state index in [4.69, 9.17) is 0 Å². The summed E-state index contributed by atoms with van der Waals surface area (Å²) in [6, 6.07) is 0. The highest BCUT2D eigenvalue weighted by Gasteiger charge is 2.32. The molecule has 3 heteroatoms. The first-order valence-electron chi connectivity index (χ1n) is 2.58. The van der Waals surface area contributed by atoms with E-state index in [-0.39, 0.29) is 12.4 Å². The second kappa shape index (κ2) is 2.11. The minimum Gasteiger partial charge on any atom is -0.433 e. The first-order valence-corrected chi connectivity index (χ1v) is 2.58. The minimum atomic E-state index is -1.34. The Morgan fingerprint density at radius 1 is 1.75 bits per heavy atom. The maximum atomic E-state index is 12.1. The number of alkyl halides is 1. The summed E-state index contributed by atoms with van der Waals surface area (Å²) in [5.41, 5.74) is 0. The highest BCUT2D eigenvalue weighted by Crippen LogP contribution is 2.34. The summed E-state index contributed by atoms with van der Waals surface area (Å²) in [6.45, 7) is 0.156. The van der Waals surface area contributed by atoms with Gasteiger partial charge in [-0.3, -0.25) is 4.79 Å². The Labute approximate surface area is 46.6 Å². The van der Waals surface area contributed by atoms with Crippen LogP contribution in [0.5, 0.6) is 0 Å². The number of rotatable bonds is 3. The molecule has 1 aliphatic rings.